The zero-order valence-corrected chi connectivity index (χ0v) is 10.4. The van der Waals surface area contributed by atoms with Gasteiger partial charge in [-0.2, -0.15) is 0 Å². The van der Waals surface area contributed by atoms with Gasteiger partial charge in [0.2, 0.25) is 0 Å². The summed E-state index contributed by atoms with van der Waals surface area (Å²) in [6, 6.07) is 4.37. The van der Waals surface area contributed by atoms with Crippen molar-refractivity contribution in [2.45, 2.75) is 39.0 Å². The lowest BCUT2D eigenvalue weighted by molar-refractivity contribution is 0.125. The van der Waals surface area contributed by atoms with E-state index in [1.165, 1.54) is 43.5 Å². The first-order valence-corrected chi connectivity index (χ1v) is 6.96. The molecule has 0 bridgehead atoms. The monoisotopic (exact) mass is 223 g/mol. The van der Waals surface area contributed by atoms with Crippen molar-refractivity contribution in [1.82, 2.24) is 5.32 Å². The lowest BCUT2D eigenvalue weighted by Crippen LogP contribution is -2.39. The fraction of sp³-hybridized carbons (Fsp3) is 0.692. The third-order valence-electron chi connectivity index (χ3n) is 3.79. The van der Waals surface area contributed by atoms with Crippen LogP contribution in [0.4, 0.5) is 0 Å². The van der Waals surface area contributed by atoms with E-state index in [0.29, 0.717) is 5.41 Å². The van der Waals surface area contributed by atoms with Crippen molar-refractivity contribution in [2.24, 2.45) is 5.41 Å². The van der Waals surface area contributed by atoms with E-state index in [-0.39, 0.29) is 0 Å². The van der Waals surface area contributed by atoms with E-state index in [2.05, 4.69) is 29.8 Å². The Bertz CT molecular complexity index is 269. The van der Waals surface area contributed by atoms with Gasteiger partial charge in [-0.05, 0) is 49.1 Å². The van der Waals surface area contributed by atoms with Crippen LogP contribution in [0.2, 0.25) is 0 Å². The van der Waals surface area contributed by atoms with Crippen LogP contribution in [0.15, 0.2) is 17.5 Å². The molecule has 1 aliphatic carbocycles. The average molecular weight is 223 g/mol. The average Bonchev–Trinajstić information content (AvgIpc) is 2.68. The van der Waals surface area contributed by atoms with Gasteiger partial charge in [-0.15, -0.1) is 11.3 Å². The molecule has 1 aliphatic rings. The third-order valence-corrected chi connectivity index (χ3v) is 4.73. The Morgan fingerprint density at radius 3 is 2.87 bits per heavy atom. The Morgan fingerprint density at radius 2 is 2.33 bits per heavy atom. The molecule has 1 aromatic rings. The van der Waals surface area contributed by atoms with Crippen molar-refractivity contribution in [3.05, 3.63) is 22.4 Å². The van der Waals surface area contributed by atoms with Crippen molar-refractivity contribution in [1.29, 1.82) is 0 Å². The summed E-state index contributed by atoms with van der Waals surface area (Å²) in [5.41, 5.74) is 0.662. The van der Waals surface area contributed by atoms with Gasteiger partial charge < -0.3 is 5.32 Å². The summed E-state index contributed by atoms with van der Waals surface area (Å²) in [7, 11) is 0. The van der Waals surface area contributed by atoms with Gasteiger partial charge in [0.1, 0.15) is 0 Å². The molecule has 2 heteroatoms. The lowest BCUT2D eigenvalue weighted by Gasteiger charge is -2.41. The second kappa shape index (κ2) is 5.13. The standard InChI is InChI=1S/C13H21NS/c1-2-13(7-4-8-13)11-14-9-6-12-5-3-10-15-12/h3,5,10,14H,2,4,6-9,11H2,1H3. The minimum absolute atomic E-state index is 0.662. The topological polar surface area (TPSA) is 12.0 Å². The molecular weight excluding hydrogens is 202 g/mol. The summed E-state index contributed by atoms with van der Waals surface area (Å²) in [5.74, 6) is 0. The largest absolute Gasteiger partial charge is 0.316 e. The van der Waals surface area contributed by atoms with Gasteiger partial charge in [0.15, 0.2) is 0 Å². The fourth-order valence-electron chi connectivity index (χ4n) is 2.35. The summed E-state index contributed by atoms with van der Waals surface area (Å²) in [6.07, 6.45) is 6.86. The molecule has 2 rings (SSSR count). The van der Waals surface area contributed by atoms with Crippen molar-refractivity contribution in [2.75, 3.05) is 13.1 Å². The Morgan fingerprint density at radius 1 is 1.47 bits per heavy atom. The Labute approximate surface area is 96.9 Å². The van der Waals surface area contributed by atoms with Crippen LogP contribution >= 0.6 is 11.3 Å². The number of hydrogen-bond acceptors (Lipinski definition) is 2. The second-order valence-electron chi connectivity index (χ2n) is 4.71. The molecule has 1 nitrogen and oxygen atoms in total. The predicted octanol–water partition coefficient (Wildman–Crippen LogP) is 3.46. The van der Waals surface area contributed by atoms with Crippen molar-refractivity contribution in [3.8, 4) is 0 Å². The molecule has 1 N–H and O–H groups in total. The minimum atomic E-state index is 0.662. The highest BCUT2D eigenvalue weighted by atomic mass is 32.1. The summed E-state index contributed by atoms with van der Waals surface area (Å²) >= 11 is 1.87. The maximum absolute atomic E-state index is 3.62. The van der Waals surface area contributed by atoms with E-state index in [4.69, 9.17) is 0 Å². The predicted molar refractivity (Wildman–Crippen MR) is 67.5 cm³/mol. The molecule has 0 aromatic carbocycles. The first kappa shape index (κ1) is 11.2. The molecule has 1 heterocycles. The summed E-state index contributed by atoms with van der Waals surface area (Å²) in [4.78, 5) is 1.50. The van der Waals surface area contributed by atoms with Crippen LogP contribution in [0.25, 0.3) is 0 Å². The highest BCUT2D eigenvalue weighted by Crippen LogP contribution is 2.42. The number of nitrogens with one attached hydrogen (secondary N) is 1. The van der Waals surface area contributed by atoms with Crippen molar-refractivity contribution >= 4 is 11.3 Å². The van der Waals surface area contributed by atoms with Crippen LogP contribution in [0.1, 0.15) is 37.5 Å². The first-order chi connectivity index (χ1) is 7.35. The molecule has 0 amide bonds. The molecule has 0 radical (unpaired) electrons. The molecular formula is C13H21NS. The van der Waals surface area contributed by atoms with Gasteiger partial charge >= 0.3 is 0 Å². The maximum atomic E-state index is 3.62. The Hall–Kier alpha value is -0.340. The second-order valence-corrected chi connectivity index (χ2v) is 5.75. The number of thiophene rings is 1. The highest BCUT2D eigenvalue weighted by molar-refractivity contribution is 7.09. The van der Waals surface area contributed by atoms with Gasteiger partial charge in [-0.25, -0.2) is 0 Å². The molecule has 0 spiro atoms. The van der Waals surface area contributed by atoms with E-state index in [0.717, 1.165) is 6.54 Å². The van der Waals surface area contributed by atoms with Crippen LogP contribution in [-0.4, -0.2) is 13.1 Å². The Balaban J connectivity index is 1.62. The molecule has 0 unspecified atom stereocenters. The van der Waals surface area contributed by atoms with Gasteiger partial charge in [-0.3, -0.25) is 0 Å². The molecule has 1 aromatic heterocycles. The van der Waals surface area contributed by atoms with Crippen LogP contribution in [0, 0.1) is 5.41 Å². The van der Waals surface area contributed by atoms with Gasteiger partial charge in [0.05, 0.1) is 0 Å². The van der Waals surface area contributed by atoms with Crippen LogP contribution in [0.3, 0.4) is 0 Å². The molecule has 0 saturated heterocycles. The van der Waals surface area contributed by atoms with E-state index in [9.17, 15) is 0 Å². The molecule has 84 valence electrons. The zero-order valence-electron chi connectivity index (χ0n) is 9.59. The van der Waals surface area contributed by atoms with Crippen molar-refractivity contribution < 1.29 is 0 Å². The molecule has 0 aliphatic heterocycles. The van der Waals surface area contributed by atoms with Gasteiger partial charge in [0, 0.05) is 11.4 Å². The molecule has 15 heavy (non-hydrogen) atoms. The quantitative estimate of drug-likeness (QED) is 0.728. The number of hydrogen-bond donors (Lipinski definition) is 1. The maximum Gasteiger partial charge on any atom is 0.00578 e. The summed E-state index contributed by atoms with van der Waals surface area (Å²) in [6.45, 7) is 4.71. The SMILES string of the molecule is CCC1(CNCCc2cccs2)CCC1. The van der Waals surface area contributed by atoms with Crippen LogP contribution in [0.5, 0.6) is 0 Å². The van der Waals surface area contributed by atoms with Gasteiger partial charge in [0.25, 0.3) is 0 Å². The molecule has 0 atom stereocenters. The minimum Gasteiger partial charge on any atom is -0.316 e. The van der Waals surface area contributed by atoms with E-state index < -0.39 is 0 Å². The normalized spacial score (nSPS) is 18.7. The fourth-order valence-corrected chi connectivity index (χ4v) is 3.06. The van der Waals surface area contributed by atoms with Crippen LogP contribution in [-0.2, 0) is 6.42 Å². The van der Waals surface area contributed by atoms with Gasteiger partial charge in [-0.1, -0.05) is 19.4 Å². The number of rotatable bonds is 6. The van der Waals surface area contributed by atoms with E-state index >= 15 is 0 Å². The highest BCUT2D eigenvalue weighted by Gasteiger charge is 2.34. The lowest BCUT2D eigenvalue weighted by atomic mass is 9.67. The van der Waals surface area contributed by atoms with E-state index in [1.54, 1.807) is 0 Å². The van der Waals surface area contributed by atoms with Crippen LogP contribution < -0.4 is 5.32 Å². The first-order valence-electron chi connectivity index (χ1n) is 6.08. The summed E-state index contributed by atoms with van der Waals surface area (Å²) < 4.78 is 0. The van der Waals surface area contributed by atoms with Crippen molar-refractivity contribution in [3.63, 3.8) is 0 Å². The summed E-state index contributed by atoms with van der Waals surface area (Å²) in [5, 5.41) is 5.79. The molecule has 1 saturated carbocycles. The molecule has 1 fully saturated rings. The van der Waals surface area contributed by atoms with E-state index in [1.807, 2.05) is 11.3 Å². The third kappa shape index (κ3) is 2.82. The zero-order chi connectivity index (χ0) is 10.6. The Kier molecular flexibility index (Phi) is 3.81. The smallest absolute Gasteiger partial charge is 0.00578 e.